The Bertz CT molecular complexity index is 849. The number of carbonyl (C=O) groups is 1. The number of fused-ring (bicyclic) bond motifs is 1. The van der Waals surface area contributed by atoms with E-state index in [4.69, 9.17) is 4.74 Å². The Morgan fingerprint density at radius 1 is 1.13 bits per heavy atom. The van der Waals surface area contributed by atoms with E-state index in [-0.39, 0.29) is 22.8 Å². The molecule has 0 amide bonds. The lowest BCUT2D eigenvalue weighted by atomic mass is 10.1. The molecule has 0 atom stereocenters. The van der Waals surface area contributed by atoms with Gasteiger partial charge in [0.15, 0.2) is 6.20 Å². The zero-order chi connectivity index (χ0) is 15.5. The van der Waals surface area contributed by atoms with E-state index in [2.05, 4.69) is 15.9 Å². The molecule has 0 saturated carbocycles. The summed E-state index contributed by atoms with van der Waals surface area (Å²) >= 11 is 3.40. The van der Waals surface area contributed by atoms with Crippen molar-refractivity contribution >= 4 is 32.6 Å². The Kier molecular flexibility index (Phi) is 5.91. The lowest BCUT2D eigenvalue weighted by molar-refractivity contribution is -0.657. The smallest absolute Gasteiger partial charge is 0.227 e. The fourth-order valence-corrected chi connectivity index (χ4v) is 2.83. The molecule has 3 nitrogen and oxygen atoms in total. The van der Waals surface area contributed by atoms with Crippen LogP contribution in [0.15, 0.2) is 65.3 Å². The Morgan fingerprint density at radius 3 is 2.70 bits per heavy atom. The summed E-state index contributed by atoms with van der Waals surface area (Å²) in [5.74, 6) is 0.887. The molecule has 3 aromatic rings. The van der Waals surface area contributed by atoms with Crippen LogP contribution in [-0.4, -0.2) is 12.9 Å². The molecule has 23 heavy (non-hydrogen) atoms. The van der Waals surface area contributed by atoms with E-state index in [1.54, 1.807) is 7.11 Å². The zero-order valence-electron chi connectivity index (χ0n) is 12.5. The van der Waals surface area contributed by atoms with Gasteiger partial charge in [-0.3, -0.25) is 4.79 Å². The number of rotatable bonds is 4. The molecule has 0 unspecified atom stereocenters. The number of hydrogen-bond donors (Lipinski definition) is 0. The van der Waals surface area contributed by atoms with Gasteiger partial charge in [-0.15, -0.1) is 0 Å². The fraction of sp³-hybridized carbons (Fsp3) is 0.111. The van der Waals surface area contributed by atoms with Crippen molar-refractivity contribution in [2.75, 3.05) is 7.11 Å². The topological polar surface area (TPSA) is 30.2 Å². The maximum atomic E-state index is 12.5. The van der Waals surface area contributed by atoms with E-state index in [0.717, 1.165) is 21.1 Å². The second-order valence-electron chi connectivity index (χ2n) is 4.99. The van der Waals surface area contributed by atoms with Gasteiger partial charge in [-0.05, 0) is 30.3 Å². The van der Waals surface area contributed by atoms with Crippen molar-refractivity contribution in [3.05, 3.63) is 70.8 Å². The van der Waals surface area contributed by atoms with Gasteiger partial charge < -0.3 is 21.7 Å². The molecule has 1 heterocycles. The summed E-state index contributed by atoms with van der Waals surface area (Å²) in [5, 5.41) is 1.05. The predicted molar refractivity (Wildman–Crippen MR) is 89.2 cm³/mol. The van der Waals surface area contributed by atoms with Gasteiger partial charge in [-0.1, -0.05) is 28.1 Å². The third-order valence-corrected chi connectivity index (χ3v) is 4.04. The van der Waals surface area contributed by atoms with E-state index in [0.29, 0.717) is 12.1 Å². The molecule has 0 bridgehead atoms. The summed E-state index contributed by atoms with van der Waals surface area (Å²) in [6.07, 6.45) is 1.92. The van der Waals surface area contributed by atoms with Crippen LogP contribution in [0.3, 0.4) is 0 Å². The van der Waals surface area contributed by atoms with Crippen LogP contribution in [-0.2, 0) is 6.54 Å². The van der Waals surface area contributed by atoms with Crippen molar-refractivity contribution in [2.45, 2.75) is 6.54 Å². The maximum Gasteiger partial charge on any atom is 0.227 e. The number of halogens is 2. The van der Waals surface area contributed by atoms with Crippen molar-refractivity contribution in [1.29, 1.82) is 0 Å². The molecule has 0 radical (unpaired) electrons. The molecule has 0 N–H and O–H groups in total. The largest absolute Gasteiger partial charge is 1.00 e. The summed E-state index contributed by atoms with van der Waals surface area (Å²) in [6.45, 7) is 0.306. The molecular weight excluding hydrogens is 422 g/mol. The highest BCUT2D eigenvalue weighted by Crippen LogP contribution is 2.18. The number of ether oxygens (including phenoxy) is 1. The molecule has 118 valence electrons. The third kappa shape index (κ3) is 3.98. The Hall–Kier alpha value is -1.72. The number of Topliss-reactive ketones (excluding diaryl/α,β-unsaturated/α-hetero) is 1. The van der Waals surface area contributed by atoms with Crippen LogP contribution in [0.2, 0.25) is 0 Å². The number of hydrogen-bond acceptors (Lipinski definition) is 2. The summed E-state index contributed by atoms with van der Waals surface area (Å²) in [4.78, 5) is 12.5. The van der Waals surface area contributed by atoms with Gasteiger partial charge in [0, 0.05) is 22.2 Å². The highest BCUT2D eigenvalue weighted by atomic mass is 79.9. The minimum atomic E-state index is 0. The highest BCUT2D eigenvalue weighted by Gasteiger charge is 2.15. The van der Waals surface area contributed by atoms with Gasteiger partial charge >= 0.3 is 0 Å². The summed E-state index contributed by atoms with van der Waals surface area (Å²) in [5.41, 5.74) is 1.71. The number of aromatic nitrogens is 1. The van der Waals surface area contributed by atoms with Crippen LogP contribution in [0.5, 0.6) is 5.75 Å². The van der Waals surface area contributed by atoms with Gasteiger partial charge in [0.2, 0.25) is 17.8 Å². The van der Waals surface area contributed by atoms with Crippen molar-refractivity contribution in [2.24, 2.45) is 0 Å². The fourth-order valence-electron chi connectivity index (χ4n) is 2.43. The zero-order valence-corrected chi connectivity index (χ0v) is 15.7. The maximum absolute atomic E-state index is 12.5. The number of pyridine rings is 1. The number of nitrogens with zero attached hydrogens (tertiary/aromatic N) is 1. The molecule has 0 aliphatic rings. The first kappa shape index (κ1) is 17.6. The Morgan fingerprint density at radius 2 is 1.96 bits per heavy atom. The molecule has 0 fully saturated rings. The van der Waals surface area contributed by atoms with E-state index < -0.39 is 0 Å². The molecule has 2 aromatic carbocycles. The second-order valence-corrected chi connectivity index (χ2v) is 5.91. The van der Waals surface area contributed by atoms with Gasteiger partial charge in [-0.25, -0.2) is 0 Å². The van der Waals surface area contributed by atoms with Crippen molar-refractivity contribution in [3.63, 3.8) is 0 Å². The molecule has 0 aliphatic carbocycles. The number of ketones is 1. The minimum Gasteiger partial charge on any atom is -1.00 e. The molecular formula is C18H15Br2NO2. The third-order valence-electron chi connectivity index (χ3n) is 3.55. The number of methoxy groups -OCH3 is 1. The predicted octanol–water partition coefficient (Wildman–Crippen LogP) is 0.785. The molecule has 1 aromatic heterocycles. The monoisotopic (exact) mass is 435 g/mol. The second kappa shape index (κ2) is 7.70. The van der Waals surface area contributed by atoms with E-state index in [1.807, 2.05) is 65.4 Å². The minimum absolute atomic E-state index is 0. The molecule has 5 heteroatoms. The molecule has 0 spiro atoms. The average molecular weight is 437 g/mol. The molecule has 0 aliphatic heterocycles. The summed E-state index contributed by atoms with van der Waals surface area (Å²) in [7, 11) is 1.65. The van der Waals surface area contributed by atoms with E-state index in [9.17, 15) is 4.79 Å². The van der Waals surface area contributed by atoms with Crippen LogP contribution < -0.4 is 26.3 Å². The lowest BCUT2D eigenvalue weighted by Gasteiger charge is -2.04. The summed E-state index contributed by atoms with van der Waals surface area (Å²) in [6, 6.07) is 17.3. The number of benzene rings is 2. The normalized spacial score (nSPS) is 10.2. The van der Waals surface area contributed by atoms with Gasteiger partial charge in [0.05, 0.1) is 12.5 Å². The van der Waals surface area contributed by atoms with Crippen LogP contribution in [0.4, 0.5) is 0 Å². The van der Waals surface area contributed by atoms with Gasteiger partial charge in [0.25, 0.3) is 0 Å². The number of carbonyl (C=O) groups excluding carboxylic acids is 1. The van der Waals surface area contributed by atoms with Crippen LogP contribution >= 0.6 is 15.9 Å². The first-order valence-corrected chi connectivity index (χ1v) is 7.71. The molecule has 3 rings (SSSR count). The van der Waals surface area contributed by atoms with Gasteiger partial charge in [0.1, 0.15) is 5.75 Å². The van der Waals surface area contributed by atoms with Gasteiger partial charge in [-0.2, -0.15) is 4.57 Å². The quantitative estimate of drug-likeness (QED) is 0.447. The summed E-state index contributed by atoms with van der Waals surface area (Å²) < 4.78 is 8.11. The van der Waals surface area contributed by atoms with E-state index >= 15 is 0 Å². The average Bonchev–Trinajstić information content (AvgIpc) is 2.54. The van der Waals surface area contributed by atoms with Crippen molar-refractivity contribution in [3.8, 4) is 5.75 Å². The SMILES string of the molecule is COc1ccc2c(ccc[n+]2CC(=O)c2cccc(Br)c2)c1.[Br-]. The first-order valence-electron chi connectivity index (χ1n) is 6.92. The lowest BCUT2D eigenvalue weighted by Crippen LogP contribution is -3.00. The van der Waals surface area contributed by atoms with Crippen molar-refractivity contribution < 1.29 is 31.1 Å². The standard InChI is InChI=1S/C18H15BrNO2.BrH/c1-22-16-7-8-17-13(11-16)5-3-9-20(17)12-18(21)14-4-2-6-15(19)10-14;/h2-11H,12H2,1H3;1H/q+1;/p-1. The Labute approximate surface area is 153 Å². The van der Waals surface area contributed by atoms with Crippen LogP contribution in [0.25, 0.3) is 10.9 Å². The molecule has 0 saturated heterocycles. The van der Waals surface area contributed by atoms with Crippen molar-refractivity contribution in [1.82, 2.24) is 0 Å². The Balaban J connectivity index is 0.00000192. The van der Waals surface area contributed by atoms with E-state index in [1.165, 1.54) is 0 Å². The highest BCUT2D eigenvalue weighted by molar-refractivity contribution is 9.10. The van der Waals surface area contributed by atoms with Crippen LogP contribution in [0, 0.1) is 0 Å². The first-order chi connectivity index (χ1) is 10.7. The van der Waals surface area contributed by atoms with Crippen LogP contribution in [0.1, 0.15) is 10.4 Å².